The highest BCUT2D eigenvalue weighted by atomic mass is 16.5. The molecule has 6 heteroatoms. The van der Waals surface area contributed by atoms with Gasteiger partial charge in [0.2, 0.25) is 0 Å². The second kappa shape index (κ2) is 6.54. The molecule has 2 aromatic carbocycles. The standard InChI is InChI=1S/C18H17N3O3/c1-3-16-19-17(12-7-9-15(24-2)10-8-12)21(20-16)14-6-4-5-13(11-14)18(22)23/h4-11H,3H2,1-2H3,(H,22,23). The lowest BCUT2D eigenvalue weighted by Crippen LogP contribution is -2.03. The molecule has 0 atom stereocenters. The Balaban J connectivity index is 2.12. The Morgan fingerprint density at radius 1 is 1.21 bits per heavy atom. The topological polar surface area (TPSA) is 77.2 Å². The van der Waals surface area contributed by atoms with Crippen LogP contribution in [-0.2, 0) is 6.42 Å². The van der Waals surface area contributed by atoms with Gasteiger partial charge in [-0.2, -0.15) is 5.10 Å². The van der Waals surface area contributed by atoms with E-state index in [1.165, 1.54) is 0 Å². The lowest BCUT2D eigenvalue weighted by Gasteiger charge is -2.07. The number of aromatic nitrogens is 3. The van der Waals surface area contributed by atoms with Crippen molar-refractivity contribution in [2.24, 2.45) is 0 Å². The Labute approximate surface area is 139 Å². The quantitative estimate of drug-likeness (QED) is 0.780. The number of methoxy groups -OCH3 is 1. The Morgan fingerprint density at radius 2 is 1.96 bits per heavy atom. The Bertz CT molecular complexity index is 869. The molecule has 0 saturated heterocycles. The molecule has 0 spiro atoms. The SMILES string of the molecule is CCc1nc(-c2ccc(OC)cc2)n(-c2cccc(C(=O)O)c2)n1. The maximum absolute atomic E-state index is 11.2. The first-order chi connectivity index (χ1) is 11.6. The summed E-state index contributed by atoms with van der Waals surface area (Å²) in [5.41, 5.74) is 1.75. The van der Waals surface area contributed by atoms with Crippen LogP contribution in [0.5, 0.6) is 5.75 Å². The maximum atomic E-state index is 11.2. The predicted molar refractivity (Wildman–Crippen MR) is 89.7 cm³/mol. The van der Waals surface area contributed by atoms with Crippen LogP contribution in [0.15, 0.2) is 48.5 Å². The van der Waals surface area contributed by atoms with E-state index in [1.54, 1.807) is 30.0 Å². The number of aromatic carboxylic acids is 1. The molecule has 0 fully saturated rings. The summed E-state index contributed by atoms with van der Waals surface area (Å²) in [7, 11) is 1.62. The van der Waals surface area contributed by atoms with Crippen molar-refractivity contribution in [1.29, 1.82) is 0 Å². The van der Waals surface area contributed by atoms with Crippen molar-refractivity contribution in [3.8, 4) is 22.8 Å². The van der Waals surface area contributed by atoms with Gasteiger partial charge in [0.1, 0.15) is 5.75 Å². The Morgan fingerprint density at radius 3 is 2.58 bits per heavy atom. The van der Waals surface area contributed by atoms with Crippen LogP contribution in [0.1, 0.15) is 23.1 Å². The predicted octanol–water partition coefficient (Wildman–Crippen LogP) is 3.20. The van der Waals surface area contributed by atoms with Crippen LogP contribution in [0.3, 0.4) is 0 Å². The lowest BCUT2D eigenvalue weighted by molar-refractivity contribution is 0.0697. The second-order valence-corrected chi connectivity index (χ2v) is 5.20. The summed E-state index contributed by atoms with van der Waals surface area (Å²) in [6, 6.07) is 14.2. The second-order valence-electron chi connectivity index (χ2n) is 5.20. The van der Waals surface area contributed by atoms with Gasteiger partial charge in [0, 0.05) is 12.0 Å². The highest BCUT2D eigenvalue weighted by molar-refractivity contribution is 5.88. The molecule has 3 rings (SSSR count). The van der Waals surface area contributed by atoms with E-state index in [1.807, 2.05) is 37.3 Å². The average molecular weight is 323 g/mol. The third-order valence-electron chi connectivity index (χ3n) is 3.65. The van der Waals surface area contributed by atoms with Gasteiger partial charge in [0.25, 0.3) is 0 Å². The van der Waals surface area contributed by atoms with Gasteiger partial charge in [-0.1, -0.05) is 13.0 Å². The molecule has 24 heavy (non-hydrogen) atoms. The largest absolute Gasteiger partial charge is 0.497 e. The fourth-order valence-electron chi connectivity index (χ4n) is 2.38. The van der Waals surface area contributed by atoms with Crippen LogP contribution in [-0.4, -0.2) is 33.0 Å². The number of aryl methyl sites for hydroxylation is 1. The van der Waals surface area contributed by atoms with Crippen LogP contribution >= 0.6 is 0 Å². The van der Waals surface area contributed by atoms with Gasteiger partial charge in [-0.05, 0) is 42.5 Å². The summed E-state index contributed by atoms with van der Waals surface area (Å²) in [5, 5.41) is 13.7. The van der Waals surface area contributed by atoms with E-state index in [2.05, 4.69) is 10.1 Å². The molecule has 0 aliphatic rings. The average Bonchev–Trinajstić information content (AvgIpc) is 3.06. The number of hydrogen-bond donors (Lipinski definition) is 1. The first-order valence-electron chi connectivity index (χ1n) is 7.56. The number of carbonyl (C=O) groups is 1. The number of benzene rings is 2. The zero-order valence-corrected chi connectivity index (χ0v) is 13.4. The van der Waals surface area contributed by atoms with Gasteiger partial charge in [0.05, 0.1) is 18.4 Å². The third-order valence-corrected chi connectivity index (χ3v) is 3.65. The van der Waals surface area contributed by atoms with E-state index in [0.717, 1.165) is 11.3 Å². The van der Waals surface area contributed by atoms with E-state index in [-0.39, 0.29) is 5.56 Å². The summed E-state index contributed by atoms with van der Waals surface area (Å²) < 4.78 is 6.85. The molecule has 0 unspecified atom stereocenters. The van der Waals surface area contributed by atoms with Crippen LogP contribution in [0, 0.1) is 0 Å². The summed E-state index contributed by atoms with van der Waals surface area (Å²) in [6.07, 6.45) is 0.689. The zero-order chi connectivity index (χ0) is 17.1. The minimum Gasteiger partial charge on any atom is -0.497 e. The number of ether oxygens (including phenoxy) is 1. The minimum atomic E-state index is -0.973. The van der Waals surface area contributed by atoms with Crippen molar-refractivity contribution in [2.45, 2.75) is 13.3 Å². The van der Waals surface area contributed by atoms with E-state index in [4.69, 9.17) is 4.74 Å². The molecule has 122 valence electrons. The smallest absolute Gasteiger partial charge is 0.335 e. The van der Waals surface area contributed by atoms with E-state index >= 15 is 0 Å². The lowest BCUT2D eigenvalue weighted by atomic mass is 10.2. The number of carboxylic acid groups (broad SMARTS) is 1. The third kappa shape index (κ3) is 2.99. The summed E-state index contributed by atoms with van der Waals surface area (Å²) >= 11 is 0. The number of nitrogens with zero attached hydrogens (tertiary/aromatic N) is 3. The first-order valence-corrected chi connectivity index (χ1v) is 7.56. The molecule has 0 aliphatic heterocycles. The Kier molecular flexibility index (Phi) is 4.29. The minimum absolute atomic E-state index is 0.210. The molecular weight excluding hydrogens is 306 g/mol. The van der Waals surface area contributed by atoms with Crippen molar-refractivity contribution in [2.75, 3.05) is 7.11 Å². The van der Waals surface area contributed by atoms with E-state index < -0.39 is 5.97 Å². The highest BCUT2D eigenvalue weighted by Gasteiger charge is 2.14. The van der Waals surface area contributed by atoms with E-state index in [9.17, 15) is 9.90 Å². The van der Waals surface area contributed by atoms with Crippen LogP contribution in [0.4, 0.5) is 0 Å². The van der Waals surface area contributed by atoms with Crippen LogP contribution in [0.25, 0.3) is 17.1 Å². The van der Waals surface area contributed by atoms with Gasteiger partial charge >= 0.3 is 5.97 Å². The fraction of sp³-hybridized carbons (Fsp3) is 0.167. The van der Waals surface area contributed by atoms with Gasteiger partial charge < -0.3 is 9.84 Å². The Hall–Kier alpha value is -3.15. The zero-order valence-electron chi connectivity index (χ0n) is 13.4. The van der Waals surface area contributed by atoms with Crippen molar-refractivity contribution in [3.63, 3.8) is 0 Å². The van der Waals surface area contributed by atoms with Gasteiger partial charge in [-0.25, -0.2) is 14.5 Å². The molecule has 3 aromatic rings. The maximum Gasteiger partial charge on any atom is 0.335 e. The fourth-order valence-corrected chi connectivity index (χ4v) is 2.38. The van der Waals surface area contributed by atoms with Gasteiger partial charge in [0.15, 0.2) is 11.6 Å². The van der Waals surface area contributed by atoms with Crippen LogP contribution < -0.4 is 4.74 Å². The first kappa shape index (κ1) is 15.7. The molecule has 1 heterocycles. The van der Waals surface area contributed by atoms with Crippen molar-refractivity contribution >= 4 is 5.97 Å². The van der Waals surface area contributed by atoms with Crippen molar-refractivity contribution in [3.05, 3.63) is 59.9 Å². The molecule has 0 aliphatic carbocycles. The molecule has 0 amide bonds. The number of rotatable bonds is 5. The normalized spacial score (nSPS) is 10.6. The molecule has 1 N–H and O–H groups in total. The molecule has 0 radical (unpaired) electrons. The molecule has 1 aromatic heterocycles. The number of carboxylic acids is 1. The molecule has 0 saturated carbocycles. The monoisotopic (exact) mass is 323 g/mol. The van der Waals surface area contributed by atoms with E-state index in [0.29, 0.717) is 23.8 Å². The molecule has 0 bridgehead atoms. The molecular formula is C18H17N3O3. The number of hydrogen-bond acceptors (Lipinski definition) is 4. The van der Waals surface area contributed by atoms with Crippen LogP contribution in [0.2, 0.25) is 0 Å². The molecule has 6 nitrogen and oxygen atoms in total. The highest BCUT2D eigenvalue weighted by Crippen LogP contribution is 2.24. The summed E-state index contributed by atoms with van der Waals surface area (Å²) in [5.74, 6) is 1.14. The van der Waals surface area contributed by atoms with Crippen molar-refractivity contribution < 1.29 is 14.6 Å². The van der Waals surface area contributed by atoms with Gasteiger partial charge in [-0.3, -0.25) is 0 Å². The summed E-state index contributed by atoms with van der Waals surface area (Å²) in [4.78, 5) is 15.8. The van der Waals surface area contributed by atoms with Gasteiger partial charge in [-0.15, -0.1) is 0 Å². The van der Waals surface area contributed by atoms with Crippen molar-refractivity contribution in [1.82, 2.24) is 14.8 Å². The summed E-state index contributed by atoms with van der Waals surface area (Å²) in [6.45, 7) is 1.98.